The number of anilines is 1. The van der Waals surface area contributed by atoms with E-state index in [-0.39, 0.29) is 0 Å². The largest absolute Gasteiger partial charge is 0.380 e. The summed E-state index contributed by atoms with van der Waals surface area (Å²) in [6.45, 7) is 2.97. The van der Waals surface area contributed by atoms with Crippen LogP contribution in [0.4, 0.5) is 5.69 Å². The second-order valence-electron chi connectivity index (χ2n) is 4.23. The van der Waals surface area contributed by atoms with Gasteiger partial charge in [0, 0.05) is 28.7 Å². The molecule has 0 aliphatic carbocycles. The van der Waals surface area contributed by atoms with Crippen molar-refractivity contribution in [2.24, 2.45) is 0 Å². The van der Waals surface area contributed by atoms with Gasteiger partial charge >= 0.3 is 0 Å². The van der Waals surface area contributed by atoms with E-state index in [1.54, 1.807) is 11.3 Å². The van der Waals surface area contributed by atoms with Gasteiger partial charge in [0.05, 0.1) is 5.52 Å². The summed E-state index contributed by atoms with van der Waals surface area (Å²) >= 11 is 1.77. The summed E-state index contributed by atoms with van der Waals surface area (Å²) in [4.78, 5) is 5.71. The van der Waals surface area contributed by atoms with Crippen LogP contribution in [0.15, 0.2) is 48.0 Å². The number of pyridine rings is 1. The van der Waals surface area contributed by atoms with Gasteiger partial charge in [-0.25, -0.2) is 0 Å². The minimum absolute atomic E-state index is 0.834. The molecule has 2 nitrogen and oxygen atoms in total. The first kappa shape index (κ1) is 11.2. The maximum atomic E-state index is 4.38. The number of fused-ring (bicyclic) bond motifs is 1. The molecule has 2 aromatic heterocycles. The van der Waals surface area contributed by atoms with Crippen molar-refractivity contribution in [2.75, 3.05) is 5.32 Å². The number of rotatable bonds is 3. The van der Waals surface area contributed by atoms with Crippen LogP contribution in [-0.2, 0) is 6.54 Å². The standard InChI is InChI=1S/C15H14N2S/c1-11-14(7-9-18-11)17-10-12-6-8-16-15-5-3-2-4-13(12)15/h2-9,17H,10H2,1H3. The van der Waals surface area contributed by atoms with Crippen LogP contribution in [0.2, 0.25) is 0 Å². The van der Waals surface area contributed by atoms with Crippen LogP contribution in [0, 0.1) is 6.92 Å². The fourth-order valence-corrected chi connectivity index (χ4v) is 2.74. The number of benzene rings is 1. The van der Waals surface area contributed by atoms with Crippen LogP contribution in [0.3, 0.4) is 0 Å². The van der Waals surface area contributed by atoms with Crippen molar-refractivity contribution in [3.05, 3.63) is 58.4 Å². The van der Waals surface area contributed by atoms with Gasteiger partial charge in [0.2, 0.25) is 0 Å². The van der Waals surface area contributed by atoms with Crippen molar-refractivity contribution in [1.29, 1.82) is 0 Å². The van der Waals surface area contributed by atoms with Gasteiger partial charge < -0.3 is 5.32 Å². The van der Waals surface area contributed by atoms with Gasteiger partial charge in [0.1, 0.15) is 0 Å². The Morgan fingerprint density at radius 3 is 2.89 bits per heavy atom. The number of aromatic nitrogens is 1. The summed E-state index contributed by atoms with van der Waals surface area (Å²) in [7, 11) is 0. The SMILES string of the molecule is Cc1sccc1NCc1ccnc2ccccc12. The molecule has 0 aliphatic rings. The molecule has 0 unspecified atom stereocenters. The van der Waals surface area contributed by atoms with E-state index < -0.39 is 0 Å². The Bertz CT molecular complexity index is 668. The Morgan fingerprint density at radius 1 is 1.17 bits per heavy atom. The summed E-state index contributed by atoms with van der Waals surface area (Å²) in [6, 6.07) is 12.5. The number of nitrogens with one attached hydrogen (secondary N) is 1. The molecule has 0 saturated heterocycles. The Hall–Kier alpha value is -1.87. The number of hydrogen-bond acceptors (Lipinski definition) is 3. The van der Waals surface area contributed by atoms with Crippen LogP contribution in [-0.4, -0.2) is 4.98 Å². The topological polar surface area (TPSA) is 24.9 Å². The summed E-state index contributed by atoms with van der Waals surface area (Å²) in [5, 5.41) is 6.82. The van der Waals surface area contributed by atoms with E-state index in [4.69, 9.17) is 0 Å². The molecule has 18 heavy (non-hydrogen) atoms. The zero-order valence-corrected chi connectivity index (χ0v) is 11.0. The number of aryl methyl sites for hydroxylation is 1. The van der Waals surface area contributed by atoms with E-state index in [1.807, 2.05) is 12.3 Å². The minimum Gasteiger partial charge on any atom is -0.380 e. The number of nitrogens with zero attached hydrogens (tertiary/aromatic N) is 1. The average Bonchev–Trinajstić information content (AvgIpc) is 2.82. The normalized spacial score (nSPS) is 10.7. The third-order valence-electron chi connectivity index (χ3n) is 3.07. The fourth-order valence-electron chi connectivity index (χ4n) is 2.07. The molecule has 3 heteroatoms. The average molecular weight is 254 g/mol. The number of thiophene rings is 1. The molecule has 1 aromatic carbocycles. The van der Waals surface area contributed by atoms with E-state index in [9.17, 15) is 0 Å². The predicted molar refractivity (Wildman–Crippen MR) is 78.1 cm³/mol. The monoisotopic (exact) mass is 254 g/mol. The van der Waals surface area contributed by atoms with Crippen LogP contribution in [0.1, 0.15) is 10.4 Å². The molecule has 0 saturated carbocycles. The molecule has 0 fully saturated rings. The molecule has 0 aliphatic heterocycles. The predicted octanol–water partition coefficient (Wildman–Crippen LogP) is 4.22. The highest BCUT2D eigenvalue weighted by Crippen LogP contribution is 2.22. The second kappa shape index (κ2) is 4.78. The molecule has 3 rings (SSSR count). The lowest BCUT2D eigenvalue weighted by Gasteiger charge is -2.08. The first-order chi connectivity index (χ1) is 8.84. The third kappa shape index (κ3) is 2.09. The lowest BCUT2D eigenvalue weighted by molar-refractivity contribution is 1.15. The first-order valence-corrected chi connectivity index (χ1v) is 6.83. The quantitative estimate of drug-likeness (QED) is 0.757. The van der Waals surface area contributed by atoms with Crippen molar-refractivity contribution in [3.63, 3.8) is 0 Å². The lowest BCUT2D eigenvalue weighted by atomic mass is 10.1. The van der Waals surface area contributed by atoms with Gasteiger partial charge in [-0.2, -0.15) is 0 Å². The van der Waals surface area contributed by atoms with E-state index in [0.717, 1.165) is 12.1 Å². The molecule has 0 spiro atoms. The van der Waals surface area contributed by atoms with E-state index in [2.05, 4.69) is 52.9 Å². The van der Waals surface area contributed by atoms with Gasteiger partial charge in [0.25, 0.3) is 0 Å². The fraction of sp³-hybridized carbons (Fsp3) is 0.133. The Morgan fingerprint density at radius 2 is 2.06 bits per heavy atom. The van der Waals surface area contributed by atoms with Gasteiger partial charge in [-0.1, -0.05) is 18.2 Å². The van der Waals surface area contributed by atoms with Crippen LogP contribution in [0.25, 0.3) is 10.9 Å². The summed E-state index contributed by atoms with van der Waals surface area (Å²) in [6.07, 6.45) is 1.87. The minimum atomic E-state index is 0.834. The van der Waals surface area contributed by atoms with Gasteiger partial charge in [0.15, 0.2) is 0 Å². The Kier molecular flexibility index (Phi) is 2.99. The summed E-state index contributed by atoms with van der Waals surface area (Å²) in [5.41, 5.74) is 3.56. The highest BCUT2D eigenvalue weighted by Gasteiger charge is 2.02. The van der Waals surface area contributed by atoms with Gasteiger partial charge in [-0.05, 0) is 36.1 Å². The molecule has 1 N–H and O–H groups in total. The molecule has 0 atom stereocenters. The molecule has 90 valence electrons. The van der Waals surface area contributed by atoms with E-state index >= 15 is 0 Å². The van der Waals surface area contributed by atoms with E-state index in [1.165, 1.54) is 21.5 Å². The second-order valence-corrected chi connectivity index (χ2v) is 5.35. The van der Waals surface area contributed by atoms with Crippen molar-refractivity contribution in [3.8, 4) is 0 Å². The van der Waals surface area contributed by atoms with Crippen LogP contribution >= 0.6 is 11.3 Å². The molecule has 3 aromatic rings. The van der Waals surface area contributed by atoms with Crippen molar-refractivity contribution in [2.45, 2.75) is 13.5 Å². The summed E-state index contributed by atoms with van der Waals surface area (Å²) in [5.74, 6) is 0. The lowest BCUT2D eigenvalue weighted by Crippen LogP contribution is -2.00. The van der Waals surface area contributed by atoms with E-state index in [0.29, 0.717) is 0 Å². The maximum absolute atomic E-state index is 4.38. The zero-order valence-electron chi connectivity index (χ0n) is 10.2. The zero-order chi connectivity index (χ0) is 12.4. The highest BCUT2D eigenvalue weighted by molar-refractivity contribution is 7.10. The third-order valence-corrected chi connectivity index (χ3v) is 3.91. The van der Waals surface area contributed by atoms with Crippen molar-refractivity contribution in [1.82, 2.24) is 4.98 Å². The molecule has 2 heterocycles. The maximum Gasteiger partial charge on any atom is 0.0705 e. The van der Waals surface area contributed by atoms with Crippen LogP contribution < -0.4 is 5.32 Å². The Labute approximate surface area is 110 Å². The Balaban J connectivity index is 1.89. The molecule has 0 radical (unpaired) electrons. The molecular weight excluding hydrogens is 240 g/mol. The van der Waals surface area contributed by atoms with Gasteiger partial charge in [-0.15, -0.1) is 11.3 Å². The van der Waals surface area contributed by atoms with Crippen molar-refractivity contribution < 1.29 is 0 Å². The number of para-hydroxylation sites is 1. The smallest absolute Gasteiger partial charge is 0.0705 e. The van der Waals surface area contributed by atoms with Crippen molar-refractivity contribution >= 4 is 27.9 Å². The molecule has 0 bridgehead atoms. The highest BCUT2D eigenvalue weighted by atomic mass is 32.1. The number of hydrogen-bond donors (Lipinski definition) is 1. The molecule has 0 amide bonds. The van der Waals surface area contributed by atoms with Gasteiger partial charge in [-0.3, -0.25) is 4.98 Å². The summed E-state index contributed by atoms with van der Waals surface area (Å²) < 4.78 is 0. The van der Waals surface area contributed by atoms with Crippen LogP contribution in [0.5, 0.6) is 0 Å². The molecular formula is C15H14N2S. The first-order valence-electron chi connectivity index (χ1n) is 5.95.